The van der Waals surface area contributed by atoms with Crippen molar-refractivity contribution in [2.75, 3.05) is 39.3 Å². The Morgan fingerprint density at radius 3 is 2.68 bits per heavy atom. The Labute approximate surface area is 116 Å². The van der Waals surface area contributed by atoms with E-state index < -0.39 is 0 Å². The standard InChI is InChI=1S/C14H28N4O/c1-2-18-7-3-4-13(18)10-16-14(19)11-17-8-5-12(15)6-9-17/h12-13H,2-11,15H2,1H3,(H,16,19). The highest BCUT2D eigenvalue weighted by molar-refractivity contribution is 5.78. The summed E-state index contributed by atoms with van der Waals surface area (Å²) < 4.78 is 0. The van der Waals surface area contributed by atoms with Crippen molar-refractivity contribution in [1.82, 2.24) is 15.1 Å². The maximum absolute atomic E-state index is 11.9. The predicted octanol–water partition coefficient (Wildman–Crippen LogP) is 0.0100. The lowest BCUT2D eigenvalue weighted by Gasteiger charge is -2.29. The topological polar surface area (TPSA) is 61.6 Å². The minimum absolute atomic E-state index is 0.165. The van der Waals surface area contributed by atoms with Crippen LogP contribution in [0.1, 0.15) is 32.6 Å². The van der Waals surface area contributed by atoms with E-state index in [2.05, 4.69) is 22.0 Å². The van der Waals surface area contributed by atoms with Crippen LogP contribution in [-0.4, -0.2) is 67.1 Å². The molecular formula is C14H28N4O. The van der Waals surface area contributed by atoms with Crippen molar-refractivity contribution in [3.8, 4) is 0 Å². The fraction of sp³-hybridized carbons (Fsp3) is 0.929. The van der Waals surface area contributed by atoms with Crippen LogP contribution in [0.25, 0.3) is 0 Å². The Morgan fingerprint density at radius 2 is 2.00 bits per heavy atom. The van der Waals surface area contributed by atoms with Gasteiger partial charge in [-0.2, -0.15) is 0 Å². The van der Waals surface area contributed by atoms with E-state index in [1.165, 1.54) is 19.4 Å². The minimum atomic E-state index is 0.165. The zero-order chi connectivity index (χ0) is 13.7. The first-order valence-corrected chi connectivity index (χ1v) is 7.67. The first kappa shape index (κ1) is 14.8. The van der Waals surface area contributed by atoms with E-state index in [9.17, 15) is 4.79 Å². The molecule has 0 spiro atoms. The van der Waals surface area contributed by atoms with E-state index in [0.29, 0.717) is 18.6 Å². The summed E-state index contributed by atoms with van der Waals surface area (Å²) in [6.07, 6.45) is 4.50. The zero-order valence-electron chi connectivity index (χ0n) is 12.1. The molecule has 0 aromatic heterocycles. The van der Waals surface area contributed by atoms with Crippen molar-refractivity contribution >= 4 is 5.91 Å². The van der Waals surface area contributed by atoms with Crippen LogP contribution in [0.3, 0.4) is 0 Å². The second-order valence-electron chi connectivity index (χ2n) is 5.84. The second-order valence-corrected chi connectivity index (χ2v) is 5.84. The van der Waals surface area contributed by atoms with E-state index in [1.54, 1.807) is 0 Å². The first-order chi connectivity index (χ1) is 9.19. The predicted molar refractivity (Wildman–Crippen MR) is 76.9 cm³/mol. The van der Waals surface area contributed by atoms with Gasteiger partial charge >= 0.3 is 0 Å². The van der Waals surface area contributed by atoms with Crippen LogP contribution in [0.4, 0.5) is 0 Å². The highest BCUT2D eigenvalue weighted by Crippen LogP contribution is 2.15. The Hall–Kier alpha value is -0.650. The molecular weight excluding hydrogens is 240 g/mol. The second kappa shape index (κ2) is 7.22. The van der Waals surface area contributed by atoms with Gasteiger partial charge in [0.25, 0.3) is 0 Å². The van der Waals surface area contributed by atoms with Crippen LogP contribution < -0.4 is 11.1 Å². The molecule has 0 radical (unpaired) electrons. The van der Waals surface area contributed by atoms with Gasteiger partial charge in [0.15, 0.2) is 0 Å². The van der Waals surface area contributed by atoms with Gasteiger partial charge in [0.2, 0.25) is 5.91 Å². The fourth-order valence-electron chi connectivity index (χ4n) is 3.14. The summed E-state index contributed by atoms with van der Waals surface area (Å²) in [5.41, 5.74) is 5.87. The van der Waals surface area contributed by atoms with Crippen molar-refractivity contribution in [3.05, 3.63) is 0 Å². The molecule has 2 aliphatic heterocycles. The third-order valence-corrected chi connectivity index (χ3v) is 4.44. The largest absolute Gasteiger partial charge is 0.353 e. The van der Waals surface area contributed by atoms with Gasteiger partial charge < -0.3 is 11.1 Å². The number of carbonyl (C=O) groups excluding carboxylic acids is 1. The van der Waals surface area contributed by atoms with Crippen molar-refractivity contribution in [3.63, 3.8) is 0 Å². The highest BCUT2D eigenvalue weighted by Gasteiger charge is 2.24. The van der Waals surface area contributed by atoms with Crippen molar-refractivity contribution in [2.45, 2.75) is 44.7 Å². The van der Waals surface area contributed by atoms with Crippen LogP contribution in [0, 0.1) is 0 Å². The summed E-state index contributed by atoms with van der Waals surface area (Å²) in [6.45, 7) is 7.71. The number of amides is 1. The van der Waals surface area contributed by atoms with Crippen LogP contribution in [0.2, 0.25) is 0 Å². The SMILES string of the molecule is CCN1CCCC1CNC(=O)CN1CCC(N)CC1. The molecule has 0 aliphatic carbocycles. The van der Waals surface area contributed by atoms with Gasteiger partial charge in [-0.25, -0.2) is 0 Å². The molecule has 1 amide bonds. The quantitative estimate of drug-likeness (QED) is 0.737. The molecule has 0 bridgehead atoms. The first-order valence-electron chi connectivity index (χ1n) is 7.67. The van der Waals surface area contributed by atoms with E-state index in [4.69, 9.17) is 5.73 Å². The van der Waals surface area contributed by atoms with Crippen LogP contribution >= 0.6 is 0 Å². The molecule has 2 heterocycles. The Kier molecular flexibility index (Phi) is 5.60. The van der Waals surface area contributed by atoms with Crippen molar-refractivity contribution in [2.24, 2.45) is 5.73 Å². The molecule has 19 heavy (non-hydrogen) atoms. The molecule has 2 aliphatic rings. The molecule has 1 atom stereocenters. The summed E-state index contributed by atoms with van der Waals surface area (Å²) in [5.74, 6) is 0.165. The number of piperidine rings is 1. The zero-order valence-corrected chi connectivity index (χ0v) is 12.1. The van der Waals surface area contributed by atoms with Crippen molar-refractivity contribution in [1.29, 1.82) is 0 Å². The van der Waals surface area contributed by atoms with Gasteiger partial charge in [0, 0.05) is 31.7 Å². The molecule has 2 saturated heterocycles. The Morgan fingerprint density at radius 1 is 1.26 bits per heavy atom. The van der Waals surface area contributed by atoms with Crippen LogP contribution in [0.5, 0.6) is 0 Å². The normalized spacial score (nSPS) is 26.7. The van der Waals surface area contributed by atoms with Gasteiger partial charge in [-0.1, -0.05) is 6.92 Å². The number of carbonyl (C=O) groups is 1. The van der Waals surface area contributed by atoms with E-state index in [-0.39, 0.29) is 5.91 Å². The van der Waals surface area contributed by atoms with Crippen molar-refractivity contribution < 1.29 is 4.79 Å². The molecule has 110 valence electrons. The third-order valence-electron chi connectivity index (χ3n) is 4.44. The fourth-order valence-corrected chi connectivity index (χ4v) is 3.14. The molecule has 0 saturated carbocycles. The van der Waals surface area contributed by atoms with E-state index in [1.807, 2.05) is 0 Å². The van der Waals surface area contributed by atoms with Gasteiger partial charge in [0.1, 0.15) is 0 Å². The number of hydrogen-bond donors (Lipinski definition) is 2. The Balaban J connectivity index is 1.64. The van der Waals surface area contributed by atoms with Crippen LogP contribution in [-0.2, 0) is 4.79 Å². The monoisotopic (exact) mass is 268 g/mol. The summed E-state index contributed by atoms with van der Waals surface area (Å²) >= 11 is 0. The number of nitrogens with two attached hydrogens (primary N) is 1. The van der Waals surface area contributed by atoms with Gasteiger partial charge in [-0.15, -0.1) is 0 Å². The lowest BCUT2D eigenvalue weighted by molar-refractivity contribution is -0.122. The van der Waals surface area contributed by atoms with E-state index >= 15 is 0 Å². The minimum Gasteiger partial charge on any atom is -0.353 e. The Bertz CT molecular complexity index is 289. The van der Waals surface area contributed by atoms with Gasteiger partial charge in [-0.3, -0.25) is 14.6 Å². The van der Waals surface area contributed by atoms with Crippen LogP contribution in [0.15, 0.2) is 0 Å². The molecule has 0 aromatic carbocycles. The third kappa shape index (κ3) is 4.44. The molecule has 5 nitrogen and oxygen atoms in total. The smallest absolute Gasteiger partial charge is 0.234 e. The summed E-state index contributed by atoms with van der Waals surface area (Å²) in [6, 6.07) is 0.875. The maximum atomic E-state index is 11.9. The number of rotatable bonds is 5. The summed E-state index contributed by atoms with van der Waals surface area (Å²) in [7, 11) is 0. The number of likely N-dealkylation sites (tertiary alicyclic amines) is 2. The number of nitrogens with zero attached hydrogens (tertiary/aromatic N) is 2. The molecule has 2 rings (SSSR count). The number of nitrogens with one attached hydrogen (secondary N) is 1. The molecule has 1 unspecified atom stereocenters. The summed E-state index contributed by atoms with van der Waals surface area (Å²) in [4.78, 5) is 16.6. The molecule has 2 fully saturated rings. The molecule has 0 aromatic rings. The lowest BCUT2D eigenvalue weighted by Crippen LogP contribution is -2.46. The van der Waals surface area contributed by atoms with E-state index in [0.717, 1.165) is 39.0 Å². The number of likely N-dealkylation sites (N-methyl/N-ethyl adjacent to an activating group) is 1. The van der Waals surface area contributed by atoms with Gasteiger partial charge in [0.05, 0.1) is 6.54 Å². The molecule has 3 N–H and O–H groups in total. The average molecular weight is 268 g/mol. The highest BCUT2D eigenvalue weighted by atomic mass is 16.2. The average Bonchev–Trinajstić information content (AvgIpc) is 2.86. The summed E-state index contributed by atoms with van der Waals surface area (Å²) in [5, 5.41) is 3.09. The number of hydrogen-bond acceptors (Lipinski definition) is 4. The lowest BCUT2D eigenvalue weighted by atomic mass is 10.1. The van der Waals surface area contributed by atoms with Gasteiger partial charge in [-0.05, 0) is 38.8 Å². The molecule has 5 heteroatoms. The maximum Gasteiger partial charge on any atom is 0.234 e.